The van der Waals surface area contributed by atoms with Gasteiger partial charge in [0, 0.05) is 0 Å². The third-order valence-electron chi connectivity index (χ3n) is 2.16. The highest BCUT2D eigenvalue weighted by Crippen LogP contribution is 2.12. The molecule has 1 rings (SSSR count). The van der Waals surface area contributed by atoms with Crippen molar-refractivity contribution < 1.29 is 8.42 Å². The lowest BCUT2D eigenvalue weighted by molar-refractivity contribution is 0.600. The number of hydrogen-bond donors (Lipinski definition) is 1. The van der Waals surface area contributed by atoms with Crippen LogP contribution in [-0.2, 0) is 9.84 Å². The number of aryl methyl sites for hydroxylation is 1. The summed E-state index contributed by atoms with van der Waals surface area (Å²) in [5.74, 6) is 0.134. The lowest BCUT2D eigenvalue weighted by Gasteiger charge is -2.03. The van der Waals surface area contributed by atoms with E-state index >= 15 is 0 Å². The summed E-state index contributed by atoms with van der Waals surface area (Å²) in [7, 11) is -3.37. The molecule has 18 heavy (non-hydrogen) atoms. The minimum Gasteiger partial charge on any atom is -0.386 e. The molecule has 98 valence electrons. The monoisotopic (exact) mass is 267 g/mol. The van der Waals surface area contributed by atoms with Gasteiger partial charge in [0.15, 0.2) is 9.84 Å². The van der Waals surface area contributed by atoms with E-state index in [0.717, 1.165) is 5.56 Å². The van der Waals surface area contributed by atoms with Crippen molar-refractivity contribution in [1.82, 2.24) is 0 Å². The second-order valence-electron chi connectivity index (χ2n) is 4.15. The number of rotatable bonds is 4. The quantitative estimate of drug-likeness (QED) is 0.510. The number of nitrogens with zero attached hydrogens (tertiary/aromatic N) is 2. The molecule has 0 aliphatic heterocycles. The van der Waals surface area contributed by atoms with Crippen molar-refractivity contribution in [3.8, 4) is 0 Å². The van der Waals surface area contributed by atoms with Crippen molar-refractivity contribution in [2.45, 2.75) is 25.7 Å². The molecule has 0 aromatic heterocycles. The van der Waals surface area contributed by atoms with Crippen LogP contribution in [0.2, 0.25) is 0 Å². The minimum absolute atomic E-state index is 0.160. The molecular formula is C12H17N3O2S. The number of benzene rings is 1. The fraction of sp³-hybridized carbons (Fsp3) is 0.333. The smallest absolute Gasteiger partial charge is 0.183 e. The molecular weight excluding hydrogens is 250 g/mol. The van der Waals surface area contributed by atoms with Crippen LogP contribution in [-0.4, -0.2) is 25.7 Å². The fourth-order valence-electron chi connectivity index (χ4n) is 1.30. The molecule has 0 spiro atoms. The van der Waals surface area contributed by atoms with Crippen molar-refractivity contribution in [1.29, 1.82) is 0 Å². The molecule has 0 heterocycles. The van der Waals surface area contributed by atoms with Crippen molar-refractivity contribution in [2.24, 2.45) is 15.9 Å². The molecule has 0 fully saturated rings. The molecule has 0 radical (unpaired) electrons. The molecule has 1 aromatic rings. The van der Waals surface area contributed by atoms with E-state index in [-0.39, 0.29) is 10.6 Å². The maximum atomic E-state index is 12.0. The molecule has 0 aliphatic carbocycles. The van der Waals surface area contributed by atoms with E-state index in [1.54, 1.807) is 38.1 Å². The van der Waals surface area contributed by atoms with Crippen LogP contribution in [0.4, 0.5) is 0 Å². The predicted molar refractivity (Wildman–Crippen MR) is 73.6 cm³/mol. The molecule has 0 amide bonds. The first-order chi connectivity index (χ1) is 8.31. The standard InChI is InChI=1S/C12H17N3O2S/c1-9-4-6-12(7-5-9)18(16,17)8-10(2)14-15-11(3)13/h4-7H,8H2,1-3H3,(H2,13,15). The Kier molecular flexibility index (Phi) is 4.61. The van der Waals surface area contributed by atoms with E-state index in [2.05, 4.69) is 10.2 Å². The molecule has 6 heteroatoms. The second-order valence-corrected chi connectivity index (χ2v) is 6.14. The van der Waals surface area contributed by atoms with E-state index in [1.807, 2.05) is 6.92 Å². The topological polar surface area (TPSA) is 84.9 Å². The van der Waals surface area contributed by atoms with Crippen molar-refractivity contribution >= 4 is 21.4 Å². The van der Waals surface area contributed by atoms with Crippen LogP contribution in [0.15, 0.2) is 39.4 Å². The molecule has 0 bridgehead atoms. The van der Waals surface area contributed by atoms with Crippen LogP contribution in [0.3, 0.4) is 0 Å². The van der Waals surface area contributed by atoms with Gasteiger partial charge in [0.25, 0.3) is 0 Å². The summed E-state index contributed by atoms with van der Waals surface area (Å²) in [6.45, 7) is 5.10. The van der Waals surface area contributed by atoms with Crippen LogP contribution in [0.25, 0.3) is 0 Å². The van der Waals surface area contributed by atoms with Gasteiger partial charge in [-0.15, -0.1) is 5.10 Å². The first-order valence-electron chi connectivity index (χ1n) is 5.44. The zero-order valence-corrected chi connectivity index (χ0v) is 11.5. The van der Waals surface area contributed by atoms with Gasteiger partial charge >= 0.3 is 0 Å². The summed E-state index contributed by atoms with van der Waals surface area (Å²) in [4.78, 5) is 0.288. The normalized spacial score (nSPS) is 13.7. The van der Waals surface area contributed by atoms with Gasteiger partial charge in [0.1, 0.15) is 5.84 Å². The van der Waals surface area contributed by atoms with Gasteiger partial charge in [-0.1, -0.05) is 17.7 Å². The number of nitrogens with two attached hydrogens (primary N) is 1. The average molecular weight is 267 g/mol. The molecule has 2 N–H and O–H groups in total. The van der Waals surface area contributed by atoms with Gasteiger partial charge < -0.3 is 5.73 Å². The van der Waals surface area contributed by atoms with Crippen molar-refractivity contribution in [3.05, 3.63) is 29.8 Å². The molecule has 0 atom stereocenters. The average Bonchev–Trinajstić information content (AvgIpc) is 2.26. The fourth-order valence-corrected chi connectivity index (χ4v) is 2.62. The van der Waals surface area contributed by atoms with E-state index < -0.39 is 9.84 Å². The third-order valence-corrected chi connectivity index (χ3v) is 3.95. The Morgan fingerprint density at radius 1 is 1.17 bits per heavy atom. The molecule has 0 unspecified atom stereocenters. The van der Waals surface area contributed by atoms with Crippen LogP contribution in [0.5, 0.6) is 0 Å². The Bertz CT molecular complexity index is 568. The zero-order valence-electron chi connectivity index (χ0n) is 10.7. The van der Waals surface area contributed by atoms with Crippen molar-refractivity contribution in [2.75, 3.05) is 5.75 Å². The Morgan fingerprint density at radius 2 is 1.72 bits per heavy atom. The Hall–Kier alpha value is -1.69. The maximum Gasteiger partial charge on any atom is 0.183 e. The van der Waals surface area contributed by atoms with E-state index in [4.69, 9.17) is 5.73 Å². The summed E-state index contributed by atoms with van der Waals surface area (Å²) >= 11 is 0. The highest BCUT2D eigenvalue weighted by Gasteiger charge is 2.15. The van der Waals surface area contributed by atoms with Crippen LogP contribution >= 0.6 is 0 Å². The lowest BCUT2D eigenvalue weighted by atomic mass is 10.2. The summed E-state index contributed by atoms with van der Waals surface area (Å²) in [6.07, 6.45) is 0. The van der Waals surface area contributed by atoms with Gasteiger partial charge in [-0.05, 0) is 32.9 Å². The summed E-state index contributed by atoms with van der Waals surface area (Å²) < 4.78 is 24.1. The summed E-state index contributed by atoms with van der Waals surface area (Å²) in [6, 6.07) is 6.72. The Labute approximate surface area is 107 Å². The number of sulfone groups is 1. The molecule has 5 nitrogen and oxygen atoms in total. The first kappa shape index (κ1) is 14.4. The van der Waals surface area contributed by atoms with E-state index in [0.29, 0.717) is 11.5 Å². The SMILES string of the molecule is CC(N)=NN=C(C)CS(=O)(=O)c1ccc(C)cc1. The van der Waals surface area contributed by atoms with Gasteiger partial charge in [0.2, 0.25) is 0 Å². The number of hydrogen-bond acceptors (Lipinski definition) is 4. The predicted octanol–water partition coefficient (Wildman–Crippen LogP) is 1.52. The largest absolute Gasteiger partial charge is 0.386 e. The van der Waals surface area contributed by atoms with E-state index in [1.165, 1.54) is 0 Å². The number of amidine groups is 1. The first-order valence-corrected chi connectivity index (χ1v) is 7.09. The third kappa shape index (κ3) is 4.29. The van der Waals surface area contributed by atoms with Gasteiger partial charge in [-0.2, -0.15) is 5.10 Å². The minimum atomic E-state index is -3.37. The summed E-state index contributed by atoms with van der Waals surface area (Å²) in [5, 5.41) is 7.39. The highest BCUT2D eigenvalue weighted by molar-refractivity contribution is 7.92. The highest BCUT2D eigenvalue weighted by atomic mass is 32.2. The molecule has 0 saturated carbocycles. The molecule has 0 aliphatic rings. The van der Waals surface area contributed by atoms with Gasteiger partial charge in [-0.3, -0.25) is 0 Å². The Morgan fingerprint density at radius 3 is 2.22 bits per heavy atom. The van der Waals surface area contributed by atoms with Crippen molar-refractivity contribution in [3.63, 3.8) is 0 Å². The van der Waals surface area contributed by atoms with E-state index in [9.17, 15) is 8.42 Å². The molecule has 1 aromatic carbocycles. The second kappa shape index (κ2) is 5.77. The lowest BCUT2D eigenvalue weighted by Crippen LogP contribution is -2.14. The van der Waals surface area contributed by atoms with Crippen LogP contribution < -0.4 is 5.73 Å². The molecule has 0 saturated heterocycles. The summed E-state index contributed by atoms with van der Waals surface area (Å²) in [5.41, 5.74) is 6.75. The van der Waals surface area contributed by atoms with Gasteiger partial charge in [0.05, 0.1) is 16.4 Å². The van der Waals surface area contributed by atoms with Crippen LogP contribution in [0, 0.1) is 6.92 Å². The Balaban J connectivity index is 2.92. The van der Waals surface area contributed by atoms with Gasteiger partial charge in [-0.25, -0.2) is 8.42 Å². The zero-order chi connectivity index (χ0) is 13.8. The van der Waals surface area contributed by atoms with Crippen LogP contribution in [0.1, 0.15) is 19.4 Å². The maximum absolute atomic E-state index is 12.0.